The fraction of sp³-hybridized carbons (Fsp3) is 0.667. The zero-order chi connectivity index (χ0) is 15.2. The summed E-state index contributed by atoms with van der Waals surface area (Å²) in [5, 5.41) is 4.32. The van der Waals surface area contributed by atoms with E-state index in [9.17, 15) is 0 Å². The number of nitrogens with zero attached hydrogens (tertiary/aromatic N) is 1. The summed E-state index contributed by atoms with van der Waals surface area (Å²) in [4.78, 5) is 2.62. The van der Waals surface area contributed by atoms with Crippen LogP contribution in [0.15, 0.2) is 18.2 Å². The van der Waals surface area contributed by atoms with Crippen LogP contribution in [0, 0.1) is 5.92 Å². The fourth-order valence-electron chi connectivity index (χ4n) is 3.29. The molecule has 0 spiro atoms. The van der Waals surface area contributed by atoms with Gasteiger partial charge in [-0.2, -0.15) is 0 Å². The normalized spacial score (nSPS) is 15.9. The van der Waals surface area contributed by atoms with Crippen LogP contribution in [-0.4, -0.2) is 19.1 Å². The van der Waals surface area contributed by atoms with Crippen LogP contribution in [0.3, 0.4) is 0 Å². The first-order valence-electron chi connectivity index (χ1n) is 8.38. The van der Waals surface area contributed by atoms with Gasteiger partial charge in [-0.25, -0.2) is 0 Å². The van der Waals surface area contributed by atoms with Crippen molar-refractivity contribution in [2.45, 2.75) is 59.0 Å². The van der Waals surface area contributed by atoms with Gasteiger partial charge in [0.25, 0.3) is 0 Å². The molecule has 1 aromatic rings. The van der Waals surface area contributed by atoms with Crippen LogP contribution in [0.2, 0.25) is 5.02 Å². The summed E-state index contributed by atoms with van der Waals surface area (Å²) in [6, 6.07) is 7.04. The van der Waals surface area contributed by atoms with Crippen LogP contribution >= 0.6 is 11.6 Å². The summed E-state index contributed by atoms with van der Waals surface area (Å²) in [5.74, 6) is 0.663. The van der Waals surface area contributed by atoms with E-state index in [1.165, 1.54) is 36.9 Å². The molecule has 1 aliphatic rings. The second-order valence-corrected chi connectivity index (χ2v) is 6.91. The number of hydrogen-bond acceptors (Lipinski definition) is 2. The molecule has 2 nitrogen and oxygen atoms in total. The number of hydrogen-bond donors (Lipinski definition) is 1. The first kappa shape index (κ1) is 16.6. The number of rotatable bonds is 7. The van der Waals surface area contributed by atoms with Gasteiger partial charge in [-0.3, -0.25) is 0 Å². The lowest BCUT2D eigenvalue weighted by Crippen LogP contribution is -2.37. The van der Waals surface area contributed by atoms with Gasteiger partial charge in [-0.05, 0) is 37.4 Å². The minimum absolute atomic E-state index is 0.663. The molecule has 0 bridgehead atoms. The Balaban J connectivity index is 2.31. The Morgan fingerprint density at radius 2 is 2.00 bits per heavy atom. The molecule has 1 N–H and O–H groups in total. The Bertz CT molecular complexity index is 439. The standard InChI is InChI=1S/C18H29ClN2/c1-4-20-12-16-17(19)10-7-11-18(16)21(13-14(2)3)15-8-5-6-9-15/h7,10-11,14-15,20H,4-6,8-9,12-13H2,1-3H3. The van der Waals surface area contributed by atoms with E-state index in [2.05, 4.69) is 43.1 Å². The maximum atomic E-state index is 6.49. The van der Waals surface area contributed by atoms with Crippen molar-refractivity contribution in [1.82, 2.24) is 5.32 Å². The average molecular weight is 309 g/mol. The van der Waals surface area contributed by atoms with Crippen LogP contribution in [-0.2, 0) is 6.54 Å². The lowest BCUT2D eigenvalue weighted by Gasteiger charge is -2.34. The predicted molar refractivity (Wildman–Crippen MR) is 93.3 cm³/mol. The van der Waals surface area contributed by atoms with E-state index >= 15 is 0 Å². The quantitative estimate of drug-likeness (QED) is 0.774. The molecule has 2 rings (SSSR count). The van der Waals surface area contributed by atoms with Gasteiger partial charge in [0.2, 0.25) is 0 Å². The molecule has 0 heterocycles. The molecule has 0 amide bonds. The fourth-order valence-corrected chi connectivity index (χ4v) is 3.53. The second-order valence-electron chi connectivity index (χ2n) is 6.50. The Kier molecular flexibility index (Phi) is 6.38. The highest BCUT2D eigenvalue weighted by molar-refractivity contribution is 6.31. The molecule has 1 fully saturated rings. The van der Waals surface area contributed by atoms with Crippen molar-refractivity contribution in [3.05, 3.63) is 28.8 Å². The molecule has 1 aliphatic carbocycles. The smallest absolute Gasteiger partial charge is 0.0471 e. The lowest BCUT2D eigenvalue weighted by molar-refractivity contribution is 0.533. The SMILES string of the molecule is CCNCc1c(Cl)cccc1N(CC(C)C)C1CCCC1. The van der Waals surface area contributed by atoms with Crippen molar-refractivity contribution >= 4 is 17.3 Å². The molecule has 1 aromatic carbocycles. The van der Waals surface area contributed by atoms with E-state index in [-0.39, 0.29) is 0 Å². The summed E-state index contributed by atoms with van der Waals surface area (Å²) >= 11 is 6.49. The van der Waals surface area contributed by atoms with E-state index in [1.807, 2.05) is 6.07 Å². The predicted octanol–water partition coefficient (Wildman–Crippen LogP) is 4.85. The zero-order valence-corrected chi connectivity index (χ0v) is 14.4. The van der Waals surface area contributed by atoms with Gasteiger partial charge >= 0.3 is 0 Å². The van der Waals surface area contributed by atoms with Crippen molar-refractivity contribution in [3.8, 4) is 0 Å². The topological polar surface area (TPSA) is 15.3 Å². The van der Waals surface area contributed by atoms with Gasteiger partial charge < -0.3 is 10.2 Å². The first-order chi connectivity index (χ1) is 10.1. The Labute approximate surface area is 134 Å². The maximum Gasteiger partial charge on any atom is 0.0471 e. The number of nitrogens with one attached hydrogen (secondary N) is 1. The highest BCUT2D eigenvalue weighted by Gasteiger charge is 2.25. The molecule has 3 heteroatoms. The summed E-state index contributed by atoms with van der Waals surface area (Å²) < 4.78 is 0. The molecule has 0 radical (unpaired) electrons. The molecule has 0 unspecified atom stereocenters. The van der Waals surface area contributed by atoms with Crippen molar-refractivity contribution in [3.63, 3.8) is 0 Å². The monoisotopic (exact) mass is 308 g/mol. The molecule has 0 aromatic heterocycles. The lowest BCUT2D eigenvalue weighted by atomic mass is 10.1. The Morgan fingerprint density at radius 3 is 2.62 bits per heavy atom. The highest BCUT2D eigenvalue weighted by atomic mass is 35.5. The average Bonchev–Trinajstić information content (AvgIpc) is 2.97. The van der Waals surface area contributed by atoms with Gasteiger partial charge in [0.1, 0.15) is 0 Å². The van der Waals surface area contributed by atoms with E-state index < -0.39 is 0 Å². The molecule has 0 saturated heterocycles. The van der Waals surface area contributed by atoms with Gasteiger partial charge in [-0.1, -0.05) is 51.3 Å². The van der Waals surface area contributed by atoms with E-state index in [1.54, 1.807) is 0 Å². The Hall–Kier alpha value is -0.730. The molecule has 118 valence electrons. The van der Waals surface area contributed by atoms with Gasteiger partial charge in [-0.15, -0.1) is 0 Å². The number of benzene rings is 1. The van der Waals surface area contributed by atoms with E-state index in [0.717, 1.165) is 24.7 Å². The minimum Gasteiger partial charge on any atom is -0.368 e. The highest BCUT2D eigenvalue weighted by Crippen LogP contribution is 2.34. The van der Waals surface area contributed by atoms with Crippen molar-refractivity contribution in [2.24, 2.45) is 5.92 Å². The summed E-state index contributed by atoms with van der Waals surface area (Å²) in [7, 11) is 0. The van der Waals surface area contributed by atoms with E-state index in [0.29, 0.717) is 12.0 Å². The van der Waals surface area contributed by atoms with Crippen LogP contribution in [0.5, 0.6) is 0 Å². The molecule has 0 aliphatic heterocycles. The molecular weight excluding hydrogens is 280 g/mol. The summed E-state index contributed by atoms with van der Waals surface area (Å²) in [5.41, 5.74) is 2.60. The maximum absolute atomic E-state index is 6.49. The van der Waals surface area contributed by atoms with Crippen molar-refractivity contribution in [2.75, 3.05) is 18.0 Å². The zero-order valence-electron chi connectivity index (χ0n) is 13.7. The largest absolute Gasteiger partial charge is 0.368 e. The van der Waals surface area contributed by atoms with Gasteiger partial charge in [0.05, 0.1) is 0 Å². The van der Waals surface area contributed by atoms with Crippen LogP contribution < -0.4 is 10.2 Å². The second kappa shape index (κ2) is 8.05. The van der Waals surface area contributed by atoms with Gasteiger partial charge in [0.15, 0.2) is 0 Å². The van der Waals surface area contributed by atoms with E-state index in [4.69, 9.17) is 11.6 Å². The third kappa shape index (κ3) is 4.37. The summed E-state index contributed by atoms with van der Waals surface area (Å²) in [6.07, 6.45) is 5.37. The Morgan fingerprint density at radius 1 is 1.29 bits per heavy atom. The van der Waals surface area contributed by atoms with Crippen molar-refractivity contribution in [1.29, 1.82) is 0 Å². The third-order valence-corrected chi connectivity index (χ3v) is 4.64. The molecular formula is C18H29ClN2. The third-order valence-electron chi connectivity index (χ3n) is 4.28. The van der Waals surface area contributed by atoms with Crippen LogP contribution in [0.1, 0.15) is 52.0 Å². The van der Waals surface area contributed by atoms with Crippen LogP contribution in [0.25, 0.3) is 0 Å². The van der Waals surface area contributed by atoms with Gasteiger partial charge in [0, 0.05) is 35.4 Å². The molecule has 1 saturated carbocycles. The minimum atomic E-state index is 0.663. The first-order valence-corrected chi connectivity index (χ1v) is 8.76. The molecule has 0 atom stereocenters. The molecule has 21 heavy (non-hydrogen) atoms. The van der Waals surface area contributed by atoms with Crippen molar-refractivity contribution < 1.29 is 0 Å². The summed E-state index contributed by atoms with van der Waals surface area (Å²) in [6.45, 7) is 9.68. The van der Waals surface area contributed by atoms with Crippen LogP contribution in [0.4, 0.5) is 5.69 Å². The number of halogens is 1. The number of anilines is 1.